The lowest BCUT2D eigenvalue weighted by Crippen LogP contribution is -2.50. The van der Waals surface area contributed by atoms with Crippen molar-refractivity contribution >= 4 is 23.4 Å². The normalized spacial score (nSPS) is 13.8. The van der Waals surface area contributed by atoms with Gasteiger partial charge in [-0.1, -0.05) is 0 Å². The molecule has 10 nitrogen and oxygen atoms in total. The van der Waals surface area contributed by atoms with Gasteiger partial charge in [0.15, 0.2) is 5.82 Å². The maximum Gasteiger partial charge on any atom is 0.410 e. The Hall–Kier alpha value is -4.21. The Morgan fingerprint density at radius 2 is 1.69 bits per heavy atom. The predicted molar refractivity (Wildman–Crippen MR) is 136 cm³/mol. The topological polar surface area (TPSA) is 110 Å². The fraction of sp³-hybridized carbons (Fsp3) is 0.346. The molecule has 2 amide bonds. The molecule has 3 aromatic rings. The van der Waals surface area contributed by atoms with Crippen LogP contribution in [0.15, 0.2) is 55.0 Å². The van der Waals surface area contributed by atoms with Gasteiger partial charge in [-0.15, -0.1) is 0 Å². The molecule has 36 heavy (non-hydrogen) atoms. The molecular formula is C26H30N6O4. The molecule has 1 N–H and O–H groups in total. The van der Waals surface area contributed by atoms with E-state index in [1.807, 2.05) is 51.1 Å². The van der Waals surface area contributed by atoms with Crippen LogP contribution in [0.5, 0.6) is 5.75 Å². The lowest BCUT2D eigenvalue weighted by molar-refractivity contribution is 0.0240. The van der Waals surface area contributed by atoms with E-state index < -0.39 is 5.60 Å². The number of nitrogens with zero attached hydrogens (tertiary/aromatic N) is 5. The number of hydrogen-bond acceptors (Lipinski definition) is 8. The van der Waals surface area contributed by atoms with Gasteiger partial charge in [-0.2, -0.15) is 0 Å². The monoisotopic (exact) mass is 490 g/mol. The molecule has 4 rings (SSSR count). The highest BCUT2D eigenvalue weighted by molar-refractivity contribution is 6.04. The van der Waals surface area contributed by atoms with Crippen LogP contribution >= 0.6 is 0 Å². The number of hydrogen-bond donors (Lipinski definition) is 1. The number of piperazine rings is 1. The van der Waals surface area contributed by atoms with E-state index in [-0.39, 0.29) is 17.7 Å². The van der Waals surface area contributed by atoms with Crippen molar-refractivity contribution in [3.8, 4) is 17.1 Å². The molecule has 1 saturated heterocycles. The second kappa shape index (κ2) is 10.6. The maximum atomic E-state index is 13.1. The van der Waals surface area contributed by atoms with Crippen LogP contribution in [-0.2, 0) is 4.74 Å². The maximum absolute atomic E-state index is 13.1. The fourth-order valence-electron chi connectivity index (χ4n) is 3.77. The van der Waals surface area contributed by atoms with Crippen LogP contribution in [0.1, 0.15) is 31.3 Å². The van der Waals surface area contributed by atoms with Gasteiger partial charge in [-0.05, 0) is 57.2 Å². The highest BCUT2D eigenvalue weighted by atomic mass is 16.6. The molecule has 1 aliphatic rings. The molecule has 188 valence electrons. The number of aromatic nitrogens is 3. The Balaban J connectivity index is 1.44. The Labute approximate surface area is 210 Å². The standard InChI is InChI=1S/C26H30N6O4/c1-26(2,3)36-25(34)32-15-13-31(14-16-32)22-10-11-27-17-21(22)30-24(33)20-9-12-28-23(29-20)18-5-7-19(35-4)8-6-18/h5-12,17H,13-16H2,1-4H3,(H,30,33). The highest BCUT2D eigenvalue weighted by Crippen LogP contribution is 2.27. The van der Waals surface area contributed by atoms with E-state index in [0.717, 1.165) is 17.0 Å². The van der Waals surface area contributed by atoms with Gasteiger partial charge in [0.05, 0.1) is 24.7 Å². The molecule has 0 bridgehead atoms. The largest absolute Gasteiger partial charge is 0.497 e. The lowest BCUT2D eigenvalue weighted by atomic mass is 10.2. The zero-order valence-electron chi connectivity index (χ0n) is 20.9. The second-order valence-electron chi connectivity index (χ2n) is 9.30. The van der Waals surface area contributed by atoms with E-state index in [1.54, 1.807) is 36.7 Å². The number of ether oxygens (including phenoxy) is 2. The molecule has 0 aliphatic carbocycles. The predicted octanol–water partition coefficient (Wildman–Crippen LogP) is 3.86. The first-order valence-corrected chi connectivity index (χ1v) is 11.7. The van der Waals surface area contributed by atoms with Gasteiger partial charge >= 0.3 is 6.09 Å². The third-order valence-corrected chi connectivity index (χ3v) is 5.55. The Bertz CT molecular complexity index is 1220. The first kappa shape index (κ1) is 24.9. The number of nitrogens with one attached hydrogen (secondary N) is 1. The van der Waals surface area contributed by atoms with Gasteiger partial charge in [0.2, 0.25) is 0 Å². The number of pyridine rings is 1. The van der Waals surface area contributed by atoms with Crippen molar-refractivity contribution in [2.45, 2.75) is 26.4 Å². The van der Waals surface area contributed by atoms with Gasteiger partial charge in [-0.3, -0.25) is 9.78 Å². The van der Waals surface area contributed by atoms with E-state index in [4.69, 9.17) is 9.47 Å². The van der Waals surface area contributed by atoms with Crippen molar-refractivity contribution in [1.82, 2.24) is 19.9 Å². The number of methoxy groups -OCH3 is 1. The first-order chi connectivity index (χ1) is 17.2. The zero-order valence-corrected chi connectivity index (χ0v) is 20.9. The quantitative estimate of drug-likeness (QED) is 0.574. The molecular weight excluding hydrogens is 460 g/mol. The third-order valence-electron chi connectivity index (χ3n) is 5.55. The van der Waals surface area contributed by atoms with Crippen LogP contribution in [-0.4, -0.2) is 70.7 Å². The number of amides is 2. The summed E-state index contributed by atoms with van der Waals surface area (Å²) in [7, 11) is 1.60. The summed E-state index contributed by atoms with van der Waals surface area (Å²) in [6.45, 7) is 7.78. The molecule has 0 radical (unpaired) electrons. The molecule has 1 aromatic carbocycles. The van der Waals surface area contributed by atoms with Crippen molar-refractivity contribution < 1.29 is 19.1 Å². The smallest absolute Gasteiger partial charge is 0.410 e. The van der Waals surface area contributed by atoms with Crippen LogP contribution in [0.3, 0.4) is 0 Å². The second-order valence-corrected chi connectivity index (χ2v) is 9.30. The summed E-state index contributed by atoms with van der Waals surface area (Å²) in [5, 5.41) is 2.93. The van der Waals surface area contributed by atoms with Gasteiger partial charge in [0.1, 0.15) is 17.0 Å². The van der Waals surface area contributed by atoms with E-state index in [0.29, 0.717) is 37.7 Å². The van der Waals surface area contributed by atoms with Crippen molar-refractivity contribution in [2.75, 3.05) is 43.5 Å². The van der Waals surface area contributed by atoms with Crippen molar-refractivity contribution in [3.63, 3.8) is 0 Å². The molecule has 0 unspecified atom stereocenters. The molecule has 10 heteroatoms. The average Bonchev–Trinajstić information content (AvgIpc) is 2.88. The summed E-state index contributed by atoms with van der Waals surface area (Å²) >= 11 is 0. The Morgan fingerprint density at radius 1 is 0.972 bits per heavy atom. The number of carbonyl (C=O) groups is 2. The van der Waals surface area contributed by atoms with Gasteiger partial charge < -0.3 is 24.6 Å². The lowest BCUT2D eigenvalue weighted by Gasteiger charge is -2.37. The minimum atomic E-state index is -0.537. The molecule has 3 heterocycles. The summed E-state index contributed by atoms with van der Waals surface area (Å²) in [5.74, 6) is 0.799. The van der Waals surface area contributed by atoms with Crippen molar-refractivity contribution in [2.24, 2.45) is 0 Å². The molecule has 0 atom stereocenters. The third kappa shape index (κ3) is 6.07. The SMILES string of the molecule is COc1ccc(-c2nccc(C(=O)Nc3cnccc3N3CCN(C(=O)OC(C)(C)C)CC3)n2)cc1. The highest BCUT2D eigenvalue weighted by Gasteiger charge is 2.27. The fourth-order valence-corrected chi connectivity index (χ4v) is 3.77. The first-order valence-electron chi connectivity index (χ1n) is 11.7. The summed E-state index contributed by atoms with van der Waals surface area (Å²) in [5.41, 5.74) is 1.87. The minimum Gasteiger partial charge on any atom is -0.497 e. The number of anilines is 2. The zero-order chi connectivity index (χ0) is 25.7. The van der Waals surface area contributed by atoms with E-state index in [9.17, 15) is 9.59 Å². The van der Waals surface area contributed by atoms with Crippen LogP contribution in [0.25, 0.3) is 11.4 Å². The van der Waals surface area contributed by atoms with Crippen molar-refractivity contribution in [3.05, 3.63) is 60.7 Å². The van der Waals surface area contributed by atoms with E-state index in [1.165, 1.54) is 0 Å². The van der Waals surface area contributed by atoms with Gasteiger partial charge in [0, 0.05) is 44.1 Å². The van der Waals surface area contributed by atoms with E-state index >= 15 is 0 Å². The molecule has 2 aromatic heterocycles. The summed E-state index contributed by atoms with van der Waals surface area (Å²) < 4.78 is 10.7. The molecule has 1 fully saturated rings. The average molecular weight is 491 g/mol. The number of benzene rings is 1. The van der Waals surface area contributed by atoms with Crippen molar-refractivity contribution in [1.29, 1.82) is 0 Å². The molecule has 1 aliphatic heterocycles. The van der Waals surface area contributed by atoms with Crippen LogP contribution in [0, 0.1) is 0 Å². The number of carbonyl (C=O) groups excluding carboxylic acids is 2. The Kier molecular flexibility index (Phi) is 7.33. The molecule has 0 saturated carbocycles. The molecule has 0 spiro atoms. The van der Waals surface area contributed by atoms with Crippen LogP contribution in [0.4, 0.5) is 16.2 Å². The summed E-state index contributed by atoms with van der Waals surface area (Å²) in [6, 6.07) is 10.7. The van der Waals surface area contributed by atoms with Gasteiger partial charge in [-0.25, -0.2) is 14.8 Å². The Morgan fingerprint density at radius 3 is 2.36 bits per heavy atom. The van der Waals surface area contributed by atoms with Gasteiger partial charge in [0.25, 0.3) is 5.91 Å². The van der Waals surface area contributed by atoms with E-state index in [2.05, 4.69) is 25.2 Å². The summed E-state index contributed by atoms with van der Waals surface area (Å²) in [6.07, 6.45) is 4.53. The minimum absolute atomic E-state index is 0.236. The summed E-state index contributed by atoms with van der Waals surface area (Å²) in [4.78, 5) is 42.2. The number of rotatable bonds is 5. The van der Waals surface area contributed by atoms with Crippen LogP contribution in [0.2, 0.25) is 0 Å². The van der Waals surface area contributed by atoms with Crippen LogP contribution < -0.4 is 15.0 Å².